The lowest BCUT2D eigenvalue weighted by Crippen LogP contribution is -2.05. The van der Waals surface area contributed by atoms with Gasteiger partial charge in [-0.1, -0.05) is 21.0 Å². The lowest BCUT2D eigenvalue weighted by atomic mass is 10.1. The molecule has 0 heterocycles. The van der Waals surface area contributed by atoms with Crippen LogP contribution in [0.3, 0.4) is 0 Å². The summed E-state index contributed by atoms with van der Waals surface area (Å²) < 4.78 is 37.4. The Morgan fingerprint density at radius 3 is 2.60 bits per heavy atom. The van der Waals surface area contributed by atoms with E-state index in [1.54, 1.807) is 0 Å². The average Bonchev–Trinajstić information content (AvgIpc) is 2.15. The number of benzene rings is 1. The molecule has 7 heteroatoms. The van der Waals surface area contributed by atoms with Gasteiger partial charge in [-0.05, 0) is 29.3 Å². The molecule has 0 radical (unpaired) electrons. The van der Waals surface area contributed by atoms with E-state index in [0.717, 1.165) is 12.1 Å². The number of hydrogen-bond acceptors (Lipinski definition) is 1. The van der Waals surface area contributed by atoms with Gasteiger partial charge in [-0.2, -0.15) is 13.2 Å². The highest BCUT2D eigenvalue weighted by Gasteiger charge is 2.30. The maximum absolute atomic E-state index is 12.3. The molecule has 0 N–H and O–H groups in total. The van der Waals surface area contributed by atoms with Crippen molar-refractivity contribution in [2.45, 2.75) is 12.7 Å². The van der Waals surface area contributed by atoms with Crippen LogP contribution in [-0.2, 0) is 12.7 Å². The Morgan fingerprint density at radius 2 is 2.07 bits per heavy atom. The van der Waals surface area contributed by atoms with Gasteiger partial charge in [0, 0.05) is 9.38 Å². The minimum atomic E-state index is -4.38. The first-order valence-corrected chi connectivity index (χ1v) is 4.61. The molecular weight excluding hydrogens is 275 g/mol. The van der Waals surface area contributed by atoms with Gasteiger partial charge in [0.25, 0.3) is 0 Å². The number of hydrogen-bond donors (Lipinski definition) is 0. The summed E-state index contributed by atoms with van der Waals surface area (Å²) in [6.07, 6.45) is -4.38. The van der Waals surface area contributed by atoms with Gasteiger partial charge in [0.1, 0.15) is 0 Å². The Kier molecular flexibility index (Phi) is 3.60. The van der Waals surface area contributed by atoms with Crippen molar-refractivity contribution in [3.05, 3.63) is 44.2 Å². The Balaban J connectivity index is 3.10. The lowest BCUT2D eigenvalue weighted by Gasteiger charge is -2.08. The van der Waals surface area contributed by atoms with Crippen LogP contribution >= 0.6 is 15.9 Å². The molecule has 0 aliphatic rings. The molecule has 1 aromatic rings. The van der Waals surface area contributed by atoms with E-state index in [1.807, 2.05) is 0 Å². The highest BCUT2D eigenvalue weighted by atomic mass is 79.9. The van der Waals surface area contributed by atoms with Crippen LogP contribution in [0.1, 0.15) is 11.1 Å². The van der Waals surface area contributed by atoms with E-state index in [4.69, 9.17) is 5.53 Å². The van der Waals surface area contributed by atoms with Crippen molar-refractivity contribution in [2.24, 2.45) is 5.11 Å². The zero-order chi connectivity index (χ0) is 11.5. The molecule has 0 unspecified atom stereocenters. The second-order valence-electron chi connectivity index (χ2n) is 2.69. The summed E-state index contributed by atoms with van der Waals surface area (Å²) >= 11 is 3.08. The van der Waals surface area contributed by atoms with E-state index in [-0.39, 0.29) is 6.54 Å². The van der Waals surface area contributed by atoms with Gasteiger partial charge in [0.2, 0.25) is 0 Å². The third-order valence-electron chi connectivity index (χ3n) is 1.68. The standard InChI is InChI=1S/C8H5BrF3N3/c9-7-2-1-6(8(10,11)12)3-5(7)4-14-15-13/h1-3H,4H2. The fraction of sp³-hybridized carbons (Fsp3) is 0.250. The molecule has 0 amide bonds. The van der Waals surface area contributed by atoms with Crippen molar-refractivity contribution in [3.63, 3.8) is 0 Å². The molecule has 15 heavy (non-hydrogen) atoms. The summed E-state index contributed by atoms with van der Waals surface area (Å²) in [5.41, 5.74) is 7.62. The molecule has 0 spiro atoms. The van der Waals surface area contributed by atoms with E-state index in [2.05, 4.69) is 26.0 Å². The van der Waals surface area contributed by atoms with E-state index in [1.165, 1.54) is 6.07 Å². The zero-order valence-electron chi connectivity index (χ0n) is 7.29. The van der Waals surface area contributed by atoms with Crippen LogP contribution in [0.15, 0.2) is 27.8 Å². The van der Waals surface area contributed by atoms with Gasteiger partial charge in [0.05, 0.1) is 12.1 Å². The predicted molar refractivity (Wildman–Crippen MR) is 52.0 cm³/mol. The summed E-state index contributed by atoms with van der Waals surface area (Å²) in [7, 11) is 0. The van der Waals surface area contributed by atoms with Gasteiger partial charge < -0.3 is 0 Å². The first kappa shape index (κ1) is 11.9. The van der Waals surface area contributed by atoms with Crippen molar-refractivity contribution in [1.82, 2.24) is 0 Å². The topological polar surface area (TPSA) is 48.8 Å². The number of nitrogens with zero attached hydrogens (tertiary/aromatic N) is 3. The molecule has 0 atom stereocenters. The van der Waals surface area contributed by atoms with Crippen LogP contribution in [-0.4, -0.2) is 0 Å². The van der Waals surface area contributed by atoms with E-state index in [0.29, 0.717) is 10.0 Å². The predicted octanol–water partition coefficient (Wildman–Crippen LogP) is 4.28. The Morgan fingerprint density at radius 1 is 1.40 bits per heavy atom. The second kappa shape index (κ2) is 4.55. The molecule has 0 bridgehead atoms. The molecule has 1 aromatic carbocycles. The number of halogens is 4. The third kappa shape index (κ3) is 3.14. The maximum Gasteiger partial charge on any atom is 0.416 e. The monoisotopic (exact) mass is 279 g/mol. The van der Waals surface area contributed by atoms with Crippen molar-refractivity contribution in [1.29, 1.82) is 0 Å². The number of alkyl halides is 3. The maximum atomic E-state index is 12.3. The largest absolute Gasteiger partial charge is 0.416 e. The number of azide groups is 1. The average molecular weight is 280 g/mol. The van der Waals surface area contributed by atoms with Crippen LogP contribution in [0.2, 0.25) is 0 Å². The van der Waals surface area contributed by atoms with Crippen LogP contribution in [0.4, 0.5) is 13.2 Å². The molecule has 0 saturated carbocycles. The van der Waals surface area contributed by atoms with Gasteiger partial charge in [-0.15, -0.1) is 0 Å². The molecule has 0 aliphatic carbocycles. The molecular formula is C8H5BrF3N3. The van der Waals surface area contributed by atoms with E-state index < -0.39 is 11.7 Å². The highest BCUT2D eigenvalue weighted by molar-refractivity contribution is 9.10. The molecule has 1 rings (SSSR count). The summed E-state index contributed by atoms with van der Waals surface area (Å²) in [4.78, 5) is 2.49. The lowest BCUT2D eigenvalue weighted by molar-refractivity contribution is -0.137. The molecule has 0 aromatic heterocycles. The minimum Gasteiger partial charge on any atom is -0.166 e. The number of rotatable bonds is 2. The third-order valence-corrected chi connectivity index (χ3v) is 2.45. The first-order chi connectivity index (χ1) is 6.95. The van der Waals surface area contributed by atoms with Crippen LogP contribution < -0.4 is 0 Å². The summed E-state index contributed by atoms with van der Waals surface area (Å²) in [6.45, 7) is -0.110. The smallest absolute Gasteiger partial charge is 0.166 e. The highest BCUT2D eigenvalue weighted by Crippen LogP contribution is 2.32. The van der Waals surface area contributed by atoms with Gasteiger partial charge in [-0.3, -0.25) is 0 Å². The van der Waals surface area contributed by atoms with Crippen molar-refractivity contribution < 1.29 is 13.2 Å². The molecule has 0 saturated heterocycles. The van der Waals surface area contributed by atoms with Crippen LogP contribution in [0.5, 0.6) is 0 Å². The SMILES string of the molecule is [N-]=[N+]=NCc1cc(C(F)(F)F)ccc1Br. The van der Waals surface area contributed by atoms with Crippen molar-refractivity contribution in [3.8, 4) is 0 Å². The molecule has 0 fully saturated rings. The van der Waals surface area contributed by atoms with Crippen LogP contribution in [0, 0.1) is 0 Å². The summed E-state index contributed by atoms with van der Waals surface area (Å²) in [6, 6.07) is 3.20. The second-order valence-corrected chi connectivity index (χ2v) is 3.55. The summed E-state index contributed by atoms with van der Waals surface area (Å²) in [5, 5.41) is 3.21. The Hall–Kier alpha value is -1.20. The van der Waals surface area contributed by atoms with Crippen molar-refractivity contribution in [2.75, 3.05) is 0 Å². The van der Waals surface area contributed by atoms with E-state index >= 15 is 0 Å². The van der Waals surface area contributed by atoms with E-state index in [9.17, 15) is 13.2 Å². The fourth-order valence-corrected chi connectivity index (χ4v) is 1.35. The van der Waals surface area contributed by atoms with Gasteiger partial charge >= 0.3 is 6.18 Å². The molecule has 0 aliphatic heterocycles. The fourth-order valence-electron chi connectivity index (χ4n) is 0.980. The minimum absolute atomic E-state index is 0.110. The van der Waals surface area contributed by atoms with Gasteiger partial charge in [-0.25, -0.2) is 0 Å². The normalized spacial score (nSPS) is 10.9. The quantitative estimate of drug-likeness (QED) is 0.441. The first-order valence-electron chi connectivity index (χ1n) is 3.81. The molecule has 3 nitrogen and oxygen atoms in total. The zero-order valence-corrected chi connectivity index (χ0v) is 8.88. The Bertz CT molecular complexity index is 410. The Labute approximate surface area is 91.7 Å². The van der Waals surface area contributed by atoms with Gasteiger partial charge in [0.15, 0.2) is 0 Å². The molecule has 80 valence electrons. The van der Waals surface area contributed by atoms with Crippen molar-refractivity contribution >= 4 is 15.9 Å². The van der Waals surface area contributed by atoms with Crippen LogP contribution in [0.25, 0.3) is 10.4 Å². The summed E-state index contributed by atoms with van der Waals surface area (Å²) in [5.74, 6) is 0.